The van der Waals surface area contributed by atoms with E-state index in [2.05, 4.69) is 5.16 Å². The molecule has 2 rings (SSSR count). The Morgan fingerprint density at radius 3 is 2.64 bits per heavy atom. The molecule has 0 unspecified atom stereocenters. The fourth-order valence-corrected chi connectivity index (χ4v) is 2.12. The van der Waals surface area contributed by atoms with Crippen LogP contribution in [0.5, 0.6) is 11.5 Å². The summed E-state index contributed by atoms with van der Waals surface area (Å²) in [5.74, 6) is 2.04. The van der Waals surface area contributed by atoms with Crippen LogP contribution in [0.4, 0.5) is 0 Å². The van der Waals surface area contributed by atoms with Gasteiger partial charge in [-0.05, 0) is 13.0 Å². The van der Waals surface area contributed by atoms with E-state index in [0.717, 1.165) is 17.0 Å². The molecule has 0 bridgehead atoms. The zero-order chi connectivity index (χ0) is 16.1. The highest BCUT2D eigenvalue weighted by atomic mass is 16.5. The Bertz CT molecular complexity index is 651. The normalized spacial score (nSPS) is 10.4. The summed E-state index contributed by atoms with van der Waals surface area (Å²) in [6.45, 7) is 2.23. The summed E-state index contributed by atoms with van der Waals surface area (Å²) in [6.07, 6.45) is 0.250. The third-order valence-electron chi connectivity index (χ3n) is 3.34. The number of amides is 1. The number of methoxy groups -OCH3 is 2. The third-order valence-corrected chi connectivity index (χ3v) is 3.34. The van der Waals surface area contributed by atoms with Crippen molar-refractivity contribution in [3.05, 3.63) is 41.3 Å². The molecule has 0 aliphatic heterocycles. The lowest BCUT2D eigenvalue weighted by Crippen LogP contribution is -2.28. The SMILES string of the molecule is COc1ccc(CC(=O)N(C)Cc2cc(C)on2)c(OC)c1. The Labute approximate surface area is 129 Å². The Kier molecular flexibility index (Phi) is 5.04. The standard InChI is InChI=1S/C16H20N2O4/c1-11-7-13(17-22-11)10-18(2)16(19)8-12-5-6-14(20-3)9-15(12)21-4/h5-7,9H,8,10H2,1-4H3. The molecule has 0 N–H and O–H groups in total. The van der Waals surface area contributed by atoms with Gasteiger partial charge in [-0.1, -0.05) is 11.2 Å². The molecule has 118 valence electrons. The molecule has 6 heteroatoms. The fourth-order valence-electron chi connectivity index (χ4n) is 2.12. The minimum Gasteiger partial charge on any atom is -0.497 e. The minimum atomic E-state index is -0.0240. The number of carbonyl (C=O) groups is 1. The number of likely N-dealkylation sites (N-methyl/N-ethyl adjacent to an activating group) is 1. The lowest BCUT2D eigenvalue weighted by Gasteiger charge is -2.17. The van der Waals surface area contributed by atoms with E-state index in [1.165, 1.54) is 0 Å². The summed E-state index contributed by atoms with van der Waals surface area (Å²) < 4.78 is 15.5. The number of hydrogen-bond donors (Lipinski definition) is 0. The van der Waals surface area contributed by atoms with Gasteiger partial charge in [-0.25, -0.2) is 0 Å². The average molecular weight is 304 g/mol. The molecule has 0 atom stereocenters. The van der Waals surface area contributed by atoms with Crippen LogP contribution in [0.1, 0.15) is 17.0 Å². The van der Waals surface area contributed by atoms with E-state index in [1.807, 2.05) is 25.1 Å². The van der Waals surface area contributed by atoms with Crippen molar-refractivity contribution in [2.75, 3.05) is 21.3 Å². The first kappa shape index (κ1) is 15.9. The van der Waals surface area contributed by atoms with Crippen molar-refractivity contribution in [1.29, 1.82) is 0 Å². The number of aryl methyl sites for hydroxylation is 1. The topological polar surface area (TPSA) is 64.8 Å². The first-order valence-electron chi connectivity index (χ1n) is 6.90. The van der Waals surface area contributed by atoms with Crippen molar-refractivity contribution in [1.82, 2.24) is 10.1 Å². The van der Waals surface area contributed by atoms with Gasteiger partial charge in [0, 0.05) is 24.7 Å². The van der Waals surface area contributed by atoms with Crippen molar-refractivity contribution < 1.29 is 18.8 Å². The maximum Gasteiger partial charge on any atom is 0.227 e. The Balaban J connectivity index is 2.04. The van der Waals surface area contributed by atoms with Gasteiger partial charge >= 0.3 is 0 Å². The molecular weight excluding hydrogens is 284 g/mol. The number of aromatic nitrogens is 1. The largest absolute Gasteiger partial charge is 0.497 e. The maximum atomic E-state index is 12.3. The number of carbonyl (C=O) groups excluding carboxylic acids is 1. The van der Waals surface area contributed by atoms with Crippen LogP contribution in [-0.4, -0.2) is 37.2 Å². The molecular formula is C16H20N2O4. The fraction of sp³-hybridized carbons (Fsp3) is 0.375. The van der Waals surface area contributed by atoms with Crippen LogP contribution in [0, 0.1) is 6.92 Å². The molecule has 1 aromatic carbocycles. The highest BCUT2D eigenvalue weighted by Gasteiger charge is 2.15. The molecule has 0 aliphatic carbocycles. The molecule has 0 saturated heterocycles. The predicted molar refractivity (Wildman–Crippen MR) is 81.0 cm³/mol. The van der Waals surface area contributed by atoms with Gasteiger partial charge in [0.15, 0.2) is 0 Å². The molecule has 1 heterocycles. The molecule has 1 amide bonds. The van der Waals surface area contributed by atoms with Gasteiger partial charge in [0.2, 0.25) is 5.91 Å². The molecule has 0 radical (unpaired) electrons. The van der Waals surface area contributed by atoms with E-state index in [-0.39, 0.29) is 12.3 Å². The van der Waals surface area contributed by atoms with Crippen LogP contribution in [0.25, 0.3) is 0 Å². The quantitative estimate of drug-likeness (QED) is 0.818. The van der Waals surface area contributed by atoms with E-state index in [1.54, 1.807) is 32.2 Å². The molecule has 0 saturated carbocycles. The van der Waals surface area contributed by atoms with Crippen LogP contribution >= 0.6 is 0 Å². The Morgan fingerprint density at radius 1 is 1.27 bits per heavy atom. The van der Waals surface area contributed by atoms with E-state index in [4.69, 9.17) is 14.0 Å². The average Bonchev–Trinajstić information content (AvgIpc) is 2.92. The number of ether oxygens (including phenoxy) is 2. The molecule has 6 nitrogen and oxygen atoms in total. The van der Waals surface area contributed by atoms with Crippen LogP contribution in [0.15, 0.2) is 28.8 Å². The maximum absolute atomic E-state index is 12.3. The van der Waals surface area contributed by atoms with Gasteiger partial charge in [0.1, 0.15) is 23.0 Å². The van der Waals surface area contributed by atoms with Gasteiger partial charge in [-0.15, -0.1) is 0 Å². The molecule has 2 aromatic rings. The lowest BCUT2D eigenvalue weighted by atomic mass is 10.1. The zero-order valence-corrected chi connectivity index (χ0v) is 13.3. The van der Waals surface area contributed by atoms with Crippen molar-refractivity contribution in [2.45, 2.75) is 19.9 Å². The zero-order valence-electron chi connectivity index (χ0n) is 13.3. The summed E-state index contributed by atoms with van der Waals surface area (Å²) in [5.41, 5.74) is 1.55. The van der Waals surface area contributed by atoms with Gasteiger partial charge in [0.05, 0.1) is 27.2 Å². The van der Waals surface area contributed by atoms with Crippen LogP contribution in [0.3, 0.4) is 0 Å². The van der Waals surface area contributed by atoms with Gasteiger partial charge in [-0.3, -0.25) is 4.79 Å². The number of rotatable bonds is 6. The van der Waals surface area contributed by atoms with Crippen molar-refractivity contribution in [3.8, 4) is 11.5 Å². The van der Waals surface area contributed by atoms with Gasteiger partial charge < -0.3 is 18.9 Å². The van der Waals surface area contributed by atoms with Gasteiger partial charge in [-0.2, -0.15) is 0 Å². The predicted octanol–water partition coefficient (Wildman–Crippen LogP) is 2.20. The van der Waals surface area contributed by atoms with E-state index >= 15 is 0 Å². The molecule has 0 spiro atoms. The highest BCUT2D eigenvalue weighted by Crippen LogP contribution is 2.25. The summed E-state index contributed by atoms with van der Waals surface area (Å²) in [5, 5.41) is 3.89. The minimum absolute atomic E-state index is 0.0240. The molecule has 0 fully saturated rings. The second-order valence-electron chi connectivity index (χ2n) is 5.03. The monoisotopic (exact) mass is 304 g/mol. The highest BCUT2D eigenvalue weighted by molar-refractivity contribution is 5.79. The second-order valence-corrected chi connectivity index (χ2v) is 5.03. The van der Waals surface area contributed by atoms with E-state index in [0.29, 0.717) is 18.0 Å². The summed E-state index contributed by atoms with van der Waals surface area (Å²) in [6, 6.07) is 7.23. The molecule has 22 heavy (non-hydrogen) atoms. The van der Waals surface area contributed by atoms with Crippen molar-refractivity contribution in [2.24, 2.45) is 0 Å². The van der Waals surface area contributed by atoms with Crippen LogP contribution < -0.4 is 9.47 Å². The molecule has 0 aliphatic rings. The lowest BCUT2D eigenvalue weighted by molar-refractivity contribution is -0.129. The Hall–Kier alpha value is -2.50. The van der Waals surface area contributed by atoms with Gasteiger partial charge in [0.25, 0.3) is 0 Å². The summed E-state index contributed by atoms with van der Waals surface area (Å²) in [4.78, 5) is 13.9. The molecule has 1 aromatic heterocycles. The third kappa shape index (κ3) is 3.78. The van der Waals surface area contributed by atoms with E-state index < -0.39 is 0 Å². The Morgan fingerprint density at radius 2 is 2.05 bits per heavy atom. The smallest absolute Gasteiger partial charge is 0.227 e. The van der Waals surface area contributed by atoms with Crippen molar-refractivity contribution >= 4 is 5.91 Å². The first-order chi connectivity index (χ1) is 10.5. The first-order valence-corrected chi connectivity index (χ1v) is 6.90. The summed E-state index contributed by atoms with van der Waals surface area (Å²) >= 11 is 0. The number of benzene rings is 1. The second kappa shape index (κ2) is 6.98. The van der Waals surface area contributed by atoms with Crippen LogP contribution in [-0.2, 0) is 17.8 Å². The number of nitrogens with zero attached hydrogens (tertiary/aromatic N) is 2. The summed E-state index contributed by atoms with van der Waals surface area (Å²) in [7, 11) is 4.90. The van der Waals surface area contributed by atoms with Crippen LogP contribution in [0.2, 0.25) is 0 Å². The van der Waals surface area contributed by atoms with E-state index in [9.17, 15) is 4.79 Å². The van der Waals surface area contributed by atoms with Crippen molar-refractivity contribution in [3.63, 3.8) is 0 Å². The number of hydrogen-bond acceptors (Lipinski definition) is 5.